The van der Waals surface area contributed by atoms with Crippen molar-refractivity contribution in [1.29, 1.82) is 0 Å². The molecule has 140 valence electrons. The van der Waals surface area contributed by atoms with E-state index < -0.39 is 24.2 Å². The van der Waals surface area contributed by atoms with Crippen molar-refractivity contribution in [2.75, 3.05) is 0 Å². The lowest BCUT2D eigenvalue weighted by molar-refractivity contribution is -0.133. The largest absolute Gasteiger partial charge is 0.439 e. The molecule has 0 saturated carbocycles. The lowest BCUT2D eigenvalue weighted by Crippen LogP contribution is -2.42. The number of cyclic esters (lactones) is 1. The van der Waals surface area contributed by atoms with Crippen molar-refractivity contribution in [1.82, 2.24) is 4.90 Å². The first-order chi connectivity index (χ1) is 13.0. The summed E-state index contributed by atoms with van der Waals surface area (Å²) in [6, 6.07) is 18.4. The quantitative estimate of drug-likeness (QED) is 0.723. The Labute approximate surface area is 158 Å². The van der Waals surface area contributed by atoms with Gasteiger partial charge in [0.25, 0.3) is 0 Å². The molecular formula is C22H23NO4. The molecule has 2 unspecified atom stereocenters. The number of benzene rings is 2. The Hall–Kier alpha value is -2.95. The summed E-state index contributed by atoms with van der Waals surface area (Å²) < 4.78 is 5.49. The average Bonchev–Trinajstić information content (AvgIpc) is 3.00. The van der Waals surface area contributed by atoms with Crippen LogP contribution in [0.15, 0.2) is 60.7 Å². The van der Waals surface area contributed by atoms with Gasteiger partial charge in [-0.15, -0.1) is 0 Å². The summed E-state index contributed by atoms with van der Waals surface area (Å²) in [7, 11) is 0. The van der Waals surface area contributed by atoms with Gasteiger partial charge in [-0.25, -0.2) is 9.69 Å². The summed E-state index contributed by atoms with van der Waals surface area (Å²) in [5.41, 5.74) is 1.76. The molecule has 5 nitrogen and oxygen atoms in total. The molecule has 0 aliphatic carbocycles. The van der Waals surface area contributed by atoms with Crippen LogP contribution in [-0.4, -0.2) is 29.2 Å². The Morgan fingerprint density at radius 3 is 2.30 bits per heavy atom. The standard InChI is InChI=1S/C22H23NO4/c1-15(19(13-14-24)17-9-5-3-6-10-17)21(25)23-16(2)20(27-22(23)26)18-11-7-4-8-12-18/h3-12,14-16,19-20H,13H2,1-2H3/t15?,16-,19?,20-/m0/s1. The minimum atomic E-state index is -0.633. The van der Waals surface area contributed by atoms with Crippen LogP contribution in [0, 0.1) is 5.92 Å². The number of carbonyl (C=O) groups excluding carboxylic acids is 3. The van der Waals surface area contributed by atoms with Gasteiger partial charge in [-0.1, -0.05) is 67.6 Å². The third kappa shape index (κ3) is 3.77. The Kier molecular flexibility index (Phi) is 5.69. The second kappa shape index (κ2) is 8.16. The number of carbonyl (C=O) groups is 3. The van der Waals surface area contributed by atoms with Crippen LogP contribution >= 0.6 is 0 Å². The summed E-state index contributed by atoms with van der Waals surface area (Å²) in [5, 5.41) is 0. The van der Waals surface area contributed by atoms with Gasteiger partial charge in [-0.2, -0.15) is 0 Å². The highest BCUT2D eigenvalue weighted by Crippen LogP contribution is 2.36. The molecule has 2 aromatic carbocycles. The fraction of sp³-hybridized carbons (Fsp3) is 0.318. The predicted octanol–water partition coefficient (Wildman–Crippen LogP) is 4.10. The number of rotatable bonds is 6. The zero-order valence-electron chi connectivity index (χ0n) is 15.4. The number of amides is 2. The van der Waals surface area contributed by atoms with Crippen molar-refractivity contribution < 1.29 is 19.1 Å². The van der Waals surface area contributed by atoms with E-state index in [4.69, 9.17) is 4.74 Å². The van der Waals surface area contributed by atoms with E-state index in [0.29, 0.717) is 0 Å². The van der Waals surface area contributed by atoms with Gasteiger partial charge in [0.05, 0.1) is 6.04 Å². The second-order valence-electron chi connectivity index (χ2n) is 6.87. The van der Waals surface area contributed by atoms with Gasteiger partial charge < -0.3 is 9.53 Å². The number of hydrogen-bond acceptors (Lipinski definition) is 4. The Balaban J connectivity index is 1.83. The van der Waals surface area contributed by atoms with E-state index in [0.717, 1.165) is 17.4 Å². The van der Waals surface area contributed by atoms with Gasteiger partial charge in [-0.3, -0.25) is 4.79 Å². The molecule has 27 heavy (non-hydrogen) atoms. The Morgan fingerprint density at radius 1 is 1.11 bits per heavy atom. The van der Waals surface area contributed by atoms with Crippen LogP contribution in [-0.2, 0) is 14.3 Å². The highest BCUT2D eigenvalue weighted by molar-refractivity contribution is 5.95. The summed E-state index contributed by atoms with van der Waals surface area (Å²) in [5.74, 6) is -1.13. The van der Waals surface area contributed by atoms with Crippen molar-refractivity contribution in [3.8, 4) is 0 Å². The molecule has 1 aliphatic heterocycles. The molecule has 5 heteroatoms. The van der Waals surface area contributed by atoms with Crippen molar-refractivity contribution >= 4 is 18.3 Å². The third-order valence-electron chi connectivity index (χ3n) is 5.21. The maximum atomic E-state index is 13.1. The maximum absolute atomic E-state index is 13.1. The second-order valence-corrected chi connectivity index (χ2v) is 6.87. The average molecular weight is 365 g/mol. The molecule has 0 bridgehead atoms. The molecule has 0 aromatic heterocycles. The highest BCUT2D eigenvalue weighted by atomic mass is 16.6. The monoisotopic (exact) mass is 365 g/mol. The van der Waals surface area contributed by atoms with Crippen molar-refractivity contribution in [2.45, 2.75) is 38.3 Å². The number of hydrogen-bond donors (Lipinski definition) is 0. The first kappa shape index (κ1) is 18.8. The van der Waals surface area contributed by atoms with Crippen LogP contribution in [0.4, 0.5) is 4.79 Å². The van der Waals surface area contributed by atoms with Crippen LogP contribution in [0.2, 0.25) is 0 Å². The molecule has 0 spiro atoms. The minimum absolute atomic E-state index is 0.219. The van der Waals surface area contributed by atoms with Gasteiger partial charge in [0.15, 0.2) is 0 Å². The van der Waals surface area contributed by atoms with Gasteiger partial charge in [0.1, 0.15) is 12.4 Å². The predicted molar refractivity (Wildman–Crippen MR) is 101 cm³/mol. The molecule has 2 amide bonds. The Morgan fingerprint density at radius 2 is 1.70 bits per heavy atom. The summed E-state index contributed by atoms with van der Waals surface area (Å²) in [6.07, 6.45) is -0.0850. The number of ether oxygens (including phenoxy) is 1. The van der Waals surface area contributed by atoms with Crippen LogP contribution in [0.3, 0.4) is 0 Å². The first-order valence-electron chi connectivity index (χ1n) is 9.11. The number of aldehydes is 1. The molecular weight excluding hydrogens is 342 g/mol. The third-order valence-corrected chi connectivity index (χ3v) is 5.21. The SMILES string of the molecule is CC(C(=O)N1C(=O)O[C@H](c2ccccc2)[C@@H]1C)C(CC=O)c1ccccc1. The molecule has 0 radical (unpaired) electrons. The van der Waals surface area contributed by atoms with Crippen molar-refractivity contribution in [3.63, 3.8) is 0 Å². The Bertz CT molecular complexity index is 806. The van der Waals surface area contributed by atoms with Gasteiger partial charge in [-0.05, 0) is 18.1 Å². The van der Waals surface area contributed by atoms with E-state index in [2.05, 4.69) is 0 Å². The molecule has 2 aromatic rings. The summed E-state index contributed by atoms with van der Waals surface area (Å²) in [6.45, 7) is 3.57. The molecule has 1 heterocycles. The van der Waals surface area contributed by atoms with Crippen molar-refractivity contribution in [3.05, 3.63) is 71.8 Å². The van der Waals surface area contributed by atoms with Crippen molar-refractivity contribution in [2.24, 2.45) is 5.92 Å². The lowest BCUT2D eigenvalue weighted by atomic mass is 9.84. The van der Waals surface area contributed by atoms with Crippen LogP contribution in [0.25, 0.3) is 0 Å². The van der Waals surface area contributed by atoms with E-state index in [1.54, 1.807) is 6.92 Å². The zero-order valence-corrected chi connectivity index (χ0v) is 15.4. The topological polar surface area (TPSA) is 63.7 Å². The highest BCUT2D eigenvalue weighted by Gasteiger charge is 2.45. The van der Waals surface area contributed by atoms with Crippen LogP contribution < -0.4 is 0 Å². The number of imide groups is 1. The minimum Gasteiger partial charge on any atom is -0.439 e. The lowest BCUT2D eigenvalue weighted by Gasteiger charge is -2.27. The van der Waals surface area contributed by atoms with E-state index in [1.165, 1.54) is 4.90 Å². The maximum Gasteiger partial charge on any atom is 0.417 e. The molecule has 0 N–H and O–H groups in total. The first-order valence-corrected chi connectivity index (χ1v) is 9.11. The molecule has 3 rings (SSSR count). The molecule has 1 fully saturated rings. The smallest absolute Gasteiger partial charge is 0.417 e. The van der Waals surface area contributed by atoms with E-state index in [-0.39, 0.29) is 18.2 Å². The fourth-order valence-electron chi connectivity index (χ4n) is 3.67. The van der Waals surface area contributed by atoms with Crippen LogP contribution in [0.1, 0.15) is 43.4 Å². The molecule has 1 aliphatic rings. The number of nitrogens with zero attached hydrogens (tertiary/aromatic N) is 1. The van der Waals surface area contributed by atoms with E-state index in [9.17, 15) is 14.4 Å². The molecule has 1 saturated heterocycles. The molecule has 4 atom stereocenters. The summed E-state index contributed by atoms with van der Waals surface area (Å²) in [4.78, 5) is 38.0. The summed E-state index contributed by atoms with van der Waals surface area (Å²) >= 11 is 0. The van der Waals surface area contributed by atoms with Gasteiger partial charge in [0, 0.05) is 18.3 Å². The van der Waals surface area contributed by atoms with Crippen LogP contribution in [0.5, 0.6) is 0 Å². The fourth-order valence-corrected chi connectivity index (χ4v) is 3.67. The van der Waals surface area contributed by atoms with Gasteiger partial charge in [0.2, 0.25) is 5.91 Å². The normalized spacial score (nSPS) is 21.4. The zero-order chi connectivity index (χ0) is 19.4. The van der Waals surface area contributed by atoms with E-state index >= 15 is 0 Å². The van der Waals surface area contributed by atoms with E-state index in [1.807, 2.05) is 67.6 Å². The van der Waals surface area contributed by atoms with Gasteiger partial charge >= 0.3 is 6.09 Å².